The molecule has 196 valence electrons. The van der Waals surface area contributed by atoms with Gasteiger partial charge < -0.3 is 15.1 Å². The van der Waals surface area contributed by atoms with Crippen LogP contribution in [0.2, 0.25) is 0 Å². The molecule has 1 aromatic heterocycles. The van der Waals surface area contributed by atoms with Crippen LogP contribution in [-0.2, 0) is 22.0 Å². The molecule has 2 fully saturated rings. The van der Waals surface area contributed by atoms with Gasteiger partial charge >= 0.3 is 0 Å². The van der Waals surface area contributed by atoms with E-state index in [1.165, 1.54) is 6.07 Å². The predicted molar refractivity (Wildman–Crippen MR) is 146 cm³/mol. The van der Waals surface area contributed by atoms with Crippen LogP contribution < -0.4 is 10.2 Å². The van der Waals surface area contributed by atoms with Crippen molar-refractivity contribution in [3.8, 4) is 0 Å². The molecular weight excluding hydrogens is 489 g/mol. The zero-order valence-corrected chi connectivity index (χ0v) is 22.5. The van der Waals surface area contributed by atoms with Crippen molar-refractivity contribution in [3.05, 3.63) is 76.9 Å². The highest BCUT2D eigenvalue weighted by Gasteiger charge is 2.49. The number of hydrogen-bond acceptors (Lipinski definition) is 7. The number of sulfone groups is 1. The number of rotatable bonds is 8. The monoisotopic (exact) mass is 523 g/mol. The second kappa shape index (κ2) is 10.0. The number of nitrogens with one attached hydrogen (secondary N) is 1. The van der Waals surface area contributed by atoms with Crippen LogP contribution in [0.15, 0.2) is 48.7 Å². The van der Waals surface area contributed by atoms with Crippen LogP contribution in [0, 0.1) is 12.7 Å². The van der Waals surface area contributed by atoms with E-state index in [0.29, 0.717) is 23.7 Å². The minimum Gasteiger partial charge on any atom is -0.367 e. The number of aromatic nitrogens is 2. The van der Waals surface area contributed by atoms with Gasteiger partial charge in [-0.2, -0.15) is 0 Å². The molecule has 2 heterocycles. The summed E-state index contributed by atoms with van der Waals surface area (Å²) in [6, 6.07) is 12.8. The standard InChI is InChI=1S/C28H34FN5O2S/c1-20-18-30-27(31-23-7-8-26(24(29)17-23)34-13-11-33(3)12-14-34)32-25(20)16-21-5-4-6-22(15-21)19-37(35,36)28(2)9-10-28/h4-8,15,17-18H,9-14,16,19H2,1-3H3,(H,30,31,32). The van der Waals surface area contributed by atoms with E-state index >= 15 is 0 Å². The number of aryl methyl sites for hydroxylation is 1. The molecule has 0 atom stereocenters. The Morgan fingerprint density at radius 1 is 1.05 bits per heavy atom. The van der Waals surface area contributed by atoms with E-state index in [-0.39, 0.29) is 11.6 Å². The van der Waals surface area contributed by atoms with Crippen LogP contribution in [0.5, 0.6) is 0 Å². The first-order chi connectivity index (χ1) is 17.6. The summed E-state index contributed by atoms with van der Waals surface area (Å²) in [5.74, 6) is 0.184. The Kier molecular flexibility index (Phi) is 6.93. The zero-order chi connectivity index (χ0) is 26.2. The highest BCUT2D eigenvalue weighted by atomic mass is 32.2. The zero-order valence-electron chi connectivity index (χ0n) is 21.7. The molecule has 1 saturated heterocycles. The van der Waals surface area contributed by atoms with Gasteiger partial charge in [-0.05, 0) is 68.6 Å². The second-order valence-electron chi connectivity index (χ2n) is 10.6. The summed E-state index contributed by atoms with van der Waals surface area (Å²) in [6.45, 7) is 7.21. The van der Waals surface area contributed by atoms with Gasteiger partial charge in [0.1, 0.15) is 5.82 Å². The molecule has 1 aliphatic carbocycles. The fourth-order valence-corrected chi connectivity index (χ4v) is 6.33. The summed E-state index contributed by atoms with van der Waals surface area (Å²) in [7, 11) is -1.09. The fourth-order valence-electron chi connectivity index (χ4n) is 4.64. The number of nitrogens with zero attached hydrogens (tertiary/aromatic N) is 4. The van der Waals surface area contributed by atoms with E-state index in [1.807, 2.05) is 44.2 Å². The summed E-state index contributed by atoms with van der Waals surface area (Å²) in [4.78, 5) is 13.4. The molecule has 1 N–H and O–H groups in total. The molecule has 0 radical (unpaired) electrons. The van der Waals surface area contributed by atoms with Gasteiger partial charge in [0.2, 0.25) is 5.95 Å². The lowest BCUT2D eigenvalue weighted by molar-refractivity contribution is 0.311. The third-order valence-corrected chi connectivity index (χ3v) is 10.2. The van der Waals surface area contributed by atoms with Crippen molar-refractivity contribution >= 4 is 27.2 Å². The predicted octanol–water partition coefficient (Wildman–Crippen LogP) is 4.48. The molecule has 0 bridgehead atoms. The lowest BCUT2D eigenvalue weighted by Crippen LogP contribution is -2.44. The smallest absolute Gasteiger partial charge is 0.227 e. The number of benzene rings is 2. The first-order valence-corrected chi connectivity index (χ1v) is 14.4. The van der Waals surface area contributed by atoms with Gasteiger partial charge in [-0.3, -0.25) is 0 Å². The maximum absolute atomic E-state index is 14.9. The van der Waals surface area contributed by atoms with E-state index in [0.717, 1.165) is 61.4 Å². The molecule has 1 aliphatic heterocycles. The molecule has 7 nitrogen and oxygen atoms in total. The normalized spacial score (nSPS) is 17.6. The molecule has 2 aliphatic rings. The van der Waals surface area contributed by atoms with Gasteiger partial charge in [0.05, 0.1) is 21.9 Å². The van der Waals surface area contributed by atoms with Gasteiger partial charge in [-0.25, -0.2) is 22.8 Å². The molecule has 0 unspecified atom stereocenters. The quantitative estimate of drug-likeness (QED) is 0.467. The number of anilines is 3. The van der Waals surface area contributed by atoms with E-state index < -0.39 is 14.6 Å². The Hall–Kier alpha value is -3.04. The highest BCUT2D eigenvalue weighted by Crippen LogP contribution is 2.44. The maximum atomic E-state index is 14.9. The second-order valence-corrected chi connectivity index (χ2v) is 13.1. The third kappa shape index (κ3) is 5.78. The van der Waals surface area contributed by atoms with E-state index in [1.54, 1.807) is 12.3 Å². The summed E-state index contributed by atoms with van der Waals surface area (Å²) in [6.07, 6.45) is 3.79. The van der Waals surface area contributed by atoms with Gasteiger partial charge in [0.15, 0.2) is 9.84 Å². The van der Waals surface area contributed by atoms with Crippen LogP contribution in [0.25, 0.3) is 0 Å². The van der Waals surface area contributed by atoms with E-state index in [4.69, 9.17) is 0 Å². The summed E-state index contributed by atoms with van der Waals surface area (Å²) < 4.78 is 39.8. The molecule has 37 heavy (non-hydrogen) atoms. The maximum Gasteiger partial charge on any atom is 0.227 e. The topological polar surface area (TPSA) is 78.4 Å². The summed E-state index contributed by atoms with van der Waals surface area (Å²) in [5.41, 5.74) is 4.76. The first-order valence-electron chi connectivity index (χ1n) is 12.7. The van der Waals surface area contributed by atoms with Gasteiger partial charge in [-0.1, -0.05) is 24.3 Å². The lowest BCUT2D eigenvalue weighted by atomic mass is 10.0. The Labute approximate surface area is 218 Å². The average molecular weight is 524 g/mol. The minimum absolute atomic E-state index is 0.0581. The number of hydrogen-bond donors (Lipinski definition) is 1. The summed E-state index contributed by atoms with van der Waals surface area (Å²) >= 11 is 0. The Balaban J connectivity index is 1.29. The van der Waals surface area contributed by atoms with Crippen molar-refractivity contribution in [3.63, 3.8) is 0 Å². The summed E-state index contributed by atoms with van der Waals surface area (Å²) in [5, 5.41) is 3.13. The largest absolute Gasteiger partial charge is 0.367 e. The molecule has 9 heteroatoms. The Morgan fingerprint density at radius 2 is 1.78 bits per heavy atom. The van der Waals surface area contributed by atoms with Crippen LogP contribution in [0.3, 0.4) is 0 Å². The number of halogens is 1. The van der Waals surface area contributed by atoms with Gasteiger partial charge in [-0.15, -0.1) is 0 Å². The van der Waals surface area contributed by atoms with Crippen molar-refractivity contribution in [2.75, 3.05) is 43.4 Å². The minimum atomic E-state index is -3.17. The number of likely N-dealkylation sites (N-methyl/N-ethyl adjacent to an activating group) is 1. The van der Waals surface area contributed by atoms with Gasteiger partial charge in [0.25, 0.3) is 0 Å². The fraction of sp³-hybridized carbons (Fsp3) is 0.429. The molecule has 3 aromatic rings. The Bertz CT molecular complexity index is 1400. The van der Waals surface area contributed by atoms with Crippen molar-refractivity contribution in [1.82, 2.24) is 14.9 Å². The van der Waals surface area contributed by atoms with Crippen molar-refractivity contribution in [2.45, 2.75) is 43.6 Å². The molecule has 5 rings (SSSR count). The molecular formula is C28H34FN5O2S. The molecule has 1 saturated carbocycles. The van der Waals surface area contributed by atoms with Crippen molar-refractivity contribution in [1.29, 1.82) is 0 Å². The number of piperazine rings is 1. The first kappa shape index (κ1) is 25.6. The SMILES string of the molecule is Cc1cnc(Nc2ccc(N3CCN(C)CC3)c(F)c2)nc1Cc1cccc(CS(=O)(=O)C2(C)CC2)c1. The molecule has 0 amide bonds. The van der Waals surface area contributed by atoms with Crippen LogP contribution in [-0.4, -0.2) is 61.3 Å². The lowest BCUT2D eigenvalue weighted by Gasteiger charge is -2.34. The third-order valence-electron chi connectivity index (χ3n) is 7.55. The molecule has 0 spiro atoms. The van der Waals surface area contributed by atoms with E-state index in [2.05, 4.69) is 32.1 Å². The van der Waals surface area contributed by atoms with Crippen LogP contribution in [0.4, 0.5) is 21.7 Å². The van der Waals surface area contributed by atoms with E-state index in [9.17, 15) is 12.8 Å². The Morgan fingerprint density at radius 3 is 2.49 bits per heavy atom. The average Bonchev–Trinajstić information content (AvgIpc) is 3.61. The van der Waals surface area contributed by atoms with Crippen molar-refractivity contribution < 1.29 is 12.8 Å². The van der Waals surface area contributed by atoms with Crippen molar-refractivity contribution in [2.24, 2.45) is 0 Å². The van der Waals surface area contributed by atoms with Crippen LogP contribution in [0.1, 0.15) is 42.1 Å². The van der Waals surface area contributed by atoms with Gasteiger partial charge in [0, 0.05) is 44.5 Å². The van der Waals surface area contributed by atoms with Crippen LogP contribution >= 0.6 is 0 Å². The molecule has 2 aromatic carbocycles. The highest BCUT2D eigenvalue weighted by molar-refractivity contribution is 7.92.